The molecule has 1 atom stereocenters. The molecule has 0 N–H and O–H groups in total. The Hall–Kier alpha value is -3.01. The van der Waals surface area contributed by atoms with Crippen LogP contribution in [0.5, 0.6) is 5.75 Å². The summed E-state index contributed by atoms with van der Waals surface area (Å²) in [7, 11) is 3.90. The van der Waals surface area contributed by atoms with E-state index < -0.39 is 0 Å². The number of benzene rings is 3. The van der Waals surface area contributed by atoms with Gasteiger partial charge in [0.15, 0.2) is 12.0 Å². The number of esters is 1. The van der Waals surface area contributed by atoms with Gasteiger partial charge < -0.3 is 14.4 Å². The Balaban J connectivity index is 1.16. The summed E-state index contributed by atoms with van der Waals surface area (Å²) in [6.45, 7) is 0.605. The number of unbranched alkanes of at least 4 members (excludes halogenated alkanes) is 1. The molecule has 214 valence electrons. The first-order valence-electron chi connectivity index (χ1n) is 13.9. The fraction of sp³-hybridized carbons (Fsp3) is 0.344. The topological polar surface area (TPSA) is 72.9 Å². The van der Waals surface area contributed by atoms with Gasteiger partial charge in [0.1, 0.15) is 12.4 Å². The summed E-state index contributed by atoms with van der Waals surface area (Å²) in [5, 5.41) is 1.97. The van der Waals surface area contributed by atoms with Gasteiger partial charge >= 0.3 is 5.97 Å². The Labute approximate surface area is 251 Å². The van der Waals surface area contributed by atoms with Crippen LogP contribution in [0.25, 0.3) is 20.2 Å². The lowest BCUT2D eigenvalue weighted by molar-refractivity contribution is -0.146. The van der Waals surface area contributed by atoms with Crippen LogP contribution >= 0.6 is 32.9 Å². The number of hydrogen-bond donors (Lipinski definition) is 0. The number of hydrogen-bond acceptors (Lipinski definition) is 8. The van der Waals surface area contributed by atoms with E-state index in [1.807, 2.05) is 82.3 Å². The van der Waals surface area contributed by atoms with Gasteiger partial charge in [0.25, 0.3) is 5.91 Å². The molecule has 0 radical (unpaired) electrons. The number of carbonyl (C=O) groups is 2. The van der Waals surface area contributed by atoms with Crippen molar-refractivity contribution >= 4 is 65.0 Å². The molecule has 1 fully saturated rings. The maximum atomic E-state index is 13.2. The van der Waals surface area contributed by atoms with Crippen LogP contribution in [0.15, 0.2) is 77.6 Å². The Kier molecular flexibility index (Phi) is 10.6. The van der Waals surface area contributed by atoms with E-state index in [9.17, 15) is 14.4 Å². The number of carbonyl (C=O) groups excluding carboxylic acids is 2. The average Bonchev–Trinajstić information content (AvgIpc) is 3.52. The van der Waals surface area contributed by atoms with Gasteiger partial charge in [-0.05, 0) is 55.2 Å². The quantitative estimate of drug-likeness (QED) is 0.0696. The van der Waals surface area contributed by atoms with Crippen molar-refractivity contribution in [2.45, 2.75) is 43.9 Å². The van der Waals surface area contributed by atoms with Crippen LogP contribution < -0.4 is 10.2 Å². The molecule has 3 aromatic carbocycles. The summed E-state index contributed by atoms with van der Waals surface area (Å²) in [5.74, 6) is 1.24. The Morgan fingerprint density at radius 1 is 0.927 bits per heavy atom. The number of rotatable bonds is 13. The first-order chi connectivity index (χ1) is 20.1. The molecule has 1 aromatic heterocycles. The van der Waals surface area contributed by atoms with Crippen LogP contribution in [-0.4, -0.2) is 47.5 Å². The van der Waals surface area contributed by atoms with Gasteiger partial charge in [0.2, 0.25) is 0 Å². The van der Waals surface area contributed by atoms with E-state index in [0.29, 0.717) is 34.7 Å². The summed E-state index contributed by atoms with van der Waals surface area (Å²) in [6.07, 6.45) is 4.67. The Bertz CT molecular complexity index is 1540. The predicted molar refractivity (Wildman–Crippen MR) is 171 cm³/mol. The molecule has 1 amide bonds. The summed E-state index contributed by atoms with van der Waals surface area (Å²) < 4.78 is 13.1. The second-order valence-corrected chi connectivity index (χ2v) is 13.8. The van der Waals surface area contributed by atoms with Crippen LogP contribution in [-0.2, 0) is 20.9 Å². The van der Waals surface area contributed by atoms with Crippen molar-refractivity contribution in [1.82, 2.24) is 4.90 Å². The van der Waals surface area contributed by atoms with Crippen LogP contribution in [0.4, 0.5) is 0 Å². The molecule has 1 aliphatic heterocycles. The predicted octanol–water partition coefficient (Wildman–Crippen LogP) is 7.08. The molecular formula is C32H33NO5S3. The number of ether oxygens (including phenoxy) is 2. The molecule has 4 aromatic rings. The molecule has 1 saturated heterocycles. The van der Waals surface area contributed by atoms with Gasteiger partial charge in [-0.1, -0.05) is 70.5 Å². The molecule has 41 heavy (non-hydrogen) atoms. The van der Waals surface area contributed by atoms with Gasteiger partial charge in [0, 0.05) is 44.1 Å². The lowest BCUT2D eigenvalue weighted by Gasteiger charge is -2.23. The lowest BCUT2D eigenvalue weighted by atomic mass is 10.1. The SMILES string of the molecule is O=C(CCCCC1CCSS1)OCCN(Cc1ccccc1)C(=O)COc1ccc2sc3ccccc3c(=O)c2c1. The molecule has 1 unspecified atom stereocenters. The number of fused-ring (bicyclic) bond motifs is 2. The standard InChI is InChI=1S/C32H33NO5S3/c34-30(22-38-24-14-15-29-27(20-24)32(36)26-11-5-6-12-28(26)40-29)33(21-23-8-2-1-3-9-23)17-18-37-31(35)13-7-4-10-25-16-19-39-41-25/h1-3,5-6,8-9,11-12,14-15,20,25H,4,7,10,13,16-19,21-22H2. The summed E-state index contributed by atoms with van der Waals surface area (Å²) >= 11 is 1.55. The highest BCUT2D eigenvalue weighted by Crippen LogP contribution is 2.39. The van der Waals surface area contributed by atoms with Gasteiger partial charge in [-0.25, -0.2) is 0 Å². The molecule has 0 bridgehead atoms. The molecule has 5 rings (SSSR count). The van der Waals surface area contributed by atoms with E-state index in [0.717, 1.165) is 34.2 Å². The maximum Gasteiger partial charge on any atom is 0.305 e. The lowest BCUT2D eigenvalue weighted by Crippen LogP contribution is -2.37. The van der Waals surface area contributed by atoms with Crippen LogP contribution in [0, 0.1) is 0 Å². The van der Waals surface area contributed by atoms with E-state index in [2.05, 4.69) is 0 Å². The van der Waals surface area contributed by atoms with E-state index in [-0.39, 0.29) is 37.1 Å². The Morgan fingerprint density at radius 3 is 2.56 bits per heavy atom. The number of amides is 1. The van der Waals surface area contributed by atoms with Crippen molar-refractivity contribution < 1.29 is 19.1 Å². The zero-order valence-electron chi connectivity index (χ0n) is 22.8. The maximum absolute atomic E-state index is 13.2. The second-order valence-electron chi connectivity index (χ2n) is 9.97. The first-order valence-corrected chi connectivity index (χ1v) is 17.1. The van der Waals surface area contributed by atoms with Crippen LogP contribution in [0.2, 0.25) is 0 Å². The summed E-state index contributed by atoms with van der Waals surface area (Å²) in [5.41, 5.74) is 0.931. The molecular weight excluding hydrogens is 575 g/mol. The molecule has 2 heterocycles. The zero-order valence-corrected chi connectivity index (χ0v) is 25.2. The highest BCUT2D eigenvalue weighted by Gasteiger charge is 2.18. The minimum absolute atomic E-state index is 0.0462. The van der Waals surface area contributed by atoms with Crippen molar-refractivity contribution in [3.63, 3.8) is 0 Å². The minimum Gasteiger partial charge on any atom is -0.484 e. The smallest absolute Gasteiger partial charge is 0.305 e. The van der Waals surface area contributed by atoms with Crippen molar-refractivity contribution in [2.75, 3.05) is 25.5 Å². The molecule has 0 aliphatic carbocycles. The van der Waals surface area contributed by atoms with E-state index in [1.54, 1.807) is 28.4 Å². The normalized spacial score (nSPS) is 14.8. The third-order valence-corrected chi connectivity index (χ3v) is 11.1. The molecule has 1 aliphatic rings. The van der Waals surface area contributed by atoms with Crippen LogP contribution in [0.3, 0.4) is 0 Å². The van der Waals surface area contributed by atoms with Gasteiger partial charge in [-0.3, -0.25) is 14.4 Å². The third-order valence-electron chi connectivity index (χ3n) is 6.99. The summed E-state index contributed by atoms with van der Waals surface area (Å²) in [6, 6.07) is 22.6. The monoisotopic (exact) mass is 607 g/mol. The number of nitrogens with zero attached hydrogens (tertiary/aromatic N) is 1. The minimum atomic E-state index is -0.222. The van der Waals surface area contributed by atoms with Crippen molar-refractivity contribution in [3.8, 4) is 5.75 Å². The molecule has 0 saturated carbocycles. The molecule has 0 spiro atoms. The molecule has 6 nitrogen and oxygen atoms in total. The first kappa shape index (κ1) is 29.5. The fourth-order valence-electron chi connectivity index (χ4n) is 4.75. The fourth-order valence-corrected chi connectivity index (χ4v) is 8.83. The van der Waals surface area contributed by atoms with Crippen molar-refractivity contribution in [3.05, 3.63) is 88.6 Å². The van der Waals surface area contributed by atoms with Gasteiger partial charge in [-0.15, -0.1) is 11.3 Å². The molecule has 9 heteroatoms. The van der Waals surface area contributed by atoms with Crippen molar-refractivity contribution in [1.29, 1.82) is 0 Å². The zero-order chi connectivity index (χ0) is 28.4. The van der Waals surface area contributed by atoms with Gasteiger partial charge in [-0.2, -0.15) is 0 Å². The third kappa shape index (κ3) is 8.27. The van der Waals surface area contributed by atoms with Gasteiger partial charge in [0.05, 0.1) is 6.54 Å². The van der Waals surface area contributed by atoms with E-state index in [4.69, 9.17) is 9.47 Å². The van der Waals surface area contributed by atoms with Crippen molar-refractivity contribution in [2.24, 2.45) is 0 Å². The van der Waals surface area contributed by atoms with Crippen LogP contribution in [0.1, 0.15) is 37.7 Å². The highest BCUT2D eigenvalue weighted by molar-refractivity contribution is 8.77. The van der Waals surface area contributed by atoms with E-state index >= 15 is 0 Å². The Morgan fingerprint density at radius 2 is 1.73 bits per heavy atom. The average molecular weight is 608 g/mol. The largest absolute Gasteiger partial charge is 0.484 e. The second kappa shape index (κ2) is 14.8. The summed E-state index contributed by atoms with van der Waals surface area (Å²) in [4.78, 5) is 40.2. The highest BCUT2D eigenvalue weighted by atomic mass is 33.1. The van der Waals surface area contributed by atoms with E-state index in [1.165, 1.54) is 12.2 Å².